The van der Waals surface area contributed by atoms with Crippen molar-refractivity contribution >= 4 is 0 Å². The van der Waals surface area contributed by atoms with Gasteiger partial charge in [0.1, 0.15) is 0 Å². The van der Waals surface area contributed by atoms with Gasteiger partial charge >= 0.3 is 48.4 Å². The van der Waals surface area contributed by atoms with Crippen LogP contribution in [-0.4, -0.2) is 84.3 Å². The maximum absolute atomic E-state index is 15.1. The summed E-state index contributed by atoms with van der Waals surface area (Å²) in [7, 11) is 0. The molecule has 0 aliphatic heterocycles. The van der Waals surface area contributed by atoms with Gasteiger partial charge in [-0.05, 0) is 12.8 Å². The summed E-state index contributed by atoms with van der Waals surface area (Å²) in [5.74, 6) is -31.4. The third-order valence-corrected chi connectivity index (χ3v) is 6.13. The van der Waals surface area contributed by atoms with Gasteiger partial charge < -0.3 is 4.74 Å². The SMILES string of the molecule is CCCC(OC(CCC)(C(F)(F)C(F)C(F)(F)F)C(F)(F)C(F)C(F)(F)F)(C(F)(F)C(F)C(F)(F)F)C(F)(F)C(F)C(F)(F)F. The molecule has 0 radical (unpaired) electrons. The van der Waals surface area contributed by atoms with Crippen molar-refractivity contribution in [2.75, 3.05) is 0 Å². The molecule has 0 heterocycles. The van der Waals surface area contributed by atoms with E-state index < -0.39 is 110 Å². The molecule has 0 fully saturated rings. The van der Waals surface area contributed by atoms with Crippen molar-refractivity contribution in [3.05, 3.63) is 0 Å². The highest BCUT2D eigenvalue weighted by atomic mass is 19.4. The van der Waals surface area contributed by atoms with E-state index in [2.05, 4.69) is 4.74 Å². The molecule has 4 atom stereocenters. The van der Waals surface area contributed by atoms with Crippen molar-refractivity contribution < 1.29 is 110 Å². The molecule has 0 rings (SSSR count). The lowest BCUT2D eigenvalue weighted by molar-refractivity contribution is -0.452. The zero-order chi connectivity index (χ0) is 36.8. The highest BCUT2D eigenvalue weighted by Gasteiger charge is 2.88. The van der Waals surface area contributed by atoms with Crippen LogP contribution in [0.4, 0.5) is 105 Å². The second kappa shape index (κ2) is 12.7. The van der Waals surface area contributed by atoms with Gasteiger partial charge in [0.25, 0.3) is 24.7 Å². The minimum atomic E-state index is -7.86. The molecule has 272 valence electrons. The molecule has 0 aliphatic carbocycles. The van der Waals surface area contributed by atoms with Crippen LogP contribution in [0.1, 0.15) is 39.5 Å². The lowest BCUT2D eigenvalue weighted by Crippen LogP contribution is -2.79. The van der Waals surface area contributed by atoms with Gasteiger partial charge in [-0.1, -0.05) is 26.7 Å². The highest BCUT2D eigenvalue weighted by molar-refractivity contribution is 5.19. The smallest absolute Gasteiger partial charge is 0.343 e. The minimum Gasteiger partial charge on any atom is -0.343 e. The van der Waals surface area contributed by atoms with Crippen LogP contribution < -0.4 is 0 Å². The molecule has 45 heavy (non-hydrogen) atoms. The van der Waals surface area contributed by atoms with Gasteiger partial charge in [-0.15, -0.1) is 0 Å². The molecular formula is C20H18F24O. The van der Waals surface area contributed by atoms with Crippen molar-refractivity contribution in [2.45, 2.75) is 124 Å². The third kappa shape index (κ3) is 7.40. The Hall–Kier alpha value is -1.72. The number of hydrogen-bond acceptors (Lipinski definition) is 1. The third-order valence-electron chi connectivity index (χ3n) is 6.13. The maximum Gasteiger partial charge on any atom is 0.425 e. The number of ether oxygens (including phenoxy) is 1. The van der Waals surface area contributed by atoms with E-state index in [1.54, 1.807) is 0 Å². The van der Waals surface area contributed by atoms with Crippen molar-refractivity contribution in [3.63, 3.8) is 0 Å². The van der Waals surface area contributed by atoms with Crippen LogP contribution in [0.5, 0.6) is 0 Å². The Balaban J connectivity index is 8.87. The molecule has 0 saturated carbocycles. The zero-order valence-corrected chi connectivity index (χ0v) is 21.6. The second-order valence-corrected chi connectivity index (χ2v) is 9.36. The van der Waals surface area contributed by atoms with Crippen LogP contribution in [0.15, 0.2) is 0 Å². The summed E-state index contributed by atoms with van der Waals surface area (Å²) in [4.78, 5) is 0. The fraction of sp³-hybridized carbons (Fsp3) is 1.00. The van der Waals surface area contributed by atoms with Crippen LogP contribution in [0.3, 0.4) is 0 Å². The van der Waals surface area contributed by atoms with E-state index in [9.17, 15) is 70.2 Å². The number of alkyl halides is 24. The molecule has 0 aromatic carbocycles. The van der Waals surface area contributed by atoms with E-state index in [0.29, 0.717) is 0 Å². The van der Waals surface area contributed by atoms with Gasteiger partial charge in [-0.25, -0.2) is 17.6 Å². The van der Waals surface area contributed by atoms with E-state index in [1.807, 2.05) is 0 Å². The van der Waals surface area contributed by atoms with Crippen LogP contribution >= 0.6 is 0 Å². The van der Waals surface area contributed by atoms with Gasteiger partial charge in [0.15, 0.2) is 0 Å². The highest BCUT2D eigenvalue weighted by Crippen LogP contribution is 2.63. The van der Waals surface area contributed by atoms with Crippen molar-refractivity contribution in [2.24, 2.45) is 0 Å². The quantitative estimate of drug-likeness (QED) is 0.162. The molecule has 0 aromatic heterocycles. The first-order valence-corrected chi connectivity index (χ1v) is 11.5. The molecule has 0 saturated heterocycles. The minimum absolute atomic E-state index is 0.0467. The Bertz CT molecular complexity index is 818. The van der Waals surface area contributed by atoms with E-state index in [1.165, 1.54) is 0 Å². The Morgan fingerprint density at radius 3 is 0.622 bits per heavy atom. The van der Waals surface area contributed by atoms with Crippen LogP contribution in [-0.2, 0) is 4.74 Å². The molecule has 0 aromatic rings. The number of halogens is 24. The first-order chi connectivity index (χ1) is 19.4. The summed E-state index contributed by atoms with van der Waals surface area (Å²) < 4.78 is 336. The number of hydrogen-bond donors (Lipinski definition) is 0. The van der Waals surface area contributed by atoms with Crippen molar-refractivity contribution in [3.8, 4) is 0 Å². The molecule has 25 heteroatoms. The molecule has 4 unspecified atom stereocenters. The van der Waals surface area contributed by atoms with E-state index in [0.717, 1.165) is 0 Å². The van der Waals surface area contributed by atoms with Crippen molar-refractivity contribution in [1.29, 1.82) is 0 Å². The summed E-state index contributed by atoms with van der Waals surface area (Å²) in [6, 6.07) is 0. The molecule has 0 spiro atoms. The van der Waals surface area contributed by atoms with Gasteiger partial charge in [0.2, 0.25) is 11.2 Å². The molecule has 0 amide bonds. The number of rotatable bonds is 14. The average Bonchev–Trinajstić information content (AvgIpc) is 2.82. The standard InChI is InChI=1S/C20H18F24O/c1-3-5-11(13(25,26)7(21)17(33,34)35,14(27,28)8(22)18(36,37)38)45-12(6-4-2,15(29,30)9(23)19(39,40)41)16(31,32)10(24)20(42,43)44/h7-10H,3-6H2,1-2H3. The van der Waals surface area contributed by atoms with Crippen LogP contribution in [0.2, 0.25) is 0 Å². The lowest BCUT2D eigenvalue weighted by atomic mass is 9.74. The van der Waals surface area contributed by atoms with E-state index in [-0.39, 0.29) is 13.8 Å². The first kappa shape index (κ1) is 43.3. The summed E-state index contributed by atoms with van der Waals surface area (Å²) in [6.07, 6.45) is -66.6. The van der Waals surface area contributed by atoms with Crippen LogP contribution in [0, 0.1) is 0 Å². The molecule has 0 bridgehead atoms. The first-order valence-electron chi connectivity index (χ1n) is 11.5. The largest absolute Gasteiger partial charge is 0.425 e. The maximum atomic E-state index is 15.1. The Kier molecular flexibility index (Phi) is 12.2. The normalized spacial score (nSPS) is 20.7. The fourth-order valence-corrected chi connectivity index (χ4v) is 4.13. The summed E-state index contributed by atoms with van der Waals surface area (Å²) >= 11 is 0. The van der Waals surface area contributed by atoms with Gasteiger partial charge in [-0.2, -0.15) is 87.8 Å². The van der Waals surface area contributed by atoms with Gasteiger partial charge in [0, 0.05) is 0 Å². The van der Waals surface area contributed by atoms with Gasteiger partial charge in [0.05, 0.1) is 0 Å². The molecule has 0 N–H and O–H groups in total. The summed E-state index contributed by atoms with van der Waals surface area (Å²) in [5, 5.41) is 0. The molecule has 1 nitrogen and oxygen atoms in total. The second-order valence-electron chi connectivity index (χ2n) is 9.36. The topological polar surface area (TPSA) is 9.23 Å². The van der Waals surface area contributed by atoms with Crippen LogP contribution in [0.25, 0.3) is 0 Å². The molecule has 0 aliphatic rings. The summed E-state index contributed by atoms with van der Waals surface area (Å²) in [5.41, 5.74) is -14.5. The van der Waals surface area contributed by atoms with E-state index in [4.69, 9.17) is 0 Å². The predicted molar refractivity (Wildman–Crippen MR) is 100.0 cm³/mol. The lowest BCUT2D eigenvalue weighted by Gasteiger charge is -2.55. The Labute approximate surface area is 235 Å². The predicted octanol–water partition coefficient (Wildman–Crippen LogP) is 10.2. The Morgan fingerprint density at radius 2 is 0.511 bits per heavy atom. The zero-order valence-electron chi connectivity index (χ0n) is 21.6. The fourth-order valence-electron chi connectivity index (χ4n) is 4.13. The molecular weight excluding hydrogens is 712 g/mol. The Morgan fingerprint density at radius 1 is 0.356 bits per heavy atom. The monoisotopic (exact) mass is 730 g/mol. The van der Waals surface area contributed by atoms with E-state index >= 15 is 35.1 Å². The van der Waals surface area contributed by atoms with Crippen molar-refractivity contribution in [1.82, 2.24) is 0 Å². The average molecular weight is 730 g/mol. The summed E-state index contributed by atoms with van der Waals surface area (Å²) in [6.45, 7) is 0.0934. The van der Waals surface area contributed by atoms with Gasteiger partial charge in [-0.3, -0.25) is 0 Å².